The molecule has 1 aliphatic heterocycles. The molecular formula is C17H12N4O2S. The van der Waals surface area contributed by atoms with Crippen LogP contribution in [0.4, 0.5) is 9.93 Å². The predicted molar refractivity (Wildman–Crippen MR) is 90.5 cm³/mol. The number of benzene rings is 1. The third kappa shape index (κ3) is 2.44. The van der Waals surface area contributed by atoms with Crippen LogP contribution in [0.5, 0.6) is 0 Å². The first kappa shape index (κ1) is 14.5. The molecule has 1 fully saturated rings. The predicted octanol–water partition coefficient (Wildman–Crippen LogP) is 3.00. The number of nitrogens with zero attached hydrogens (tertiary/aromatic N) is 3. The summed E-state index contributed by atoms with van der Waals surface area (Å²) in [5.41, 5.74) is 2.35. The van der Waals surface area contributed by atoms with Crippen LogP contribution in [0.1, 0.15) is 11.6 Å². The van der Waals surface area contributed by atoms with E-state index in [1.165, 1.54) is 11.3 Å². The number of amides is 3. The summed E-state index contributed by atoms with van der Waals surface area (Å²) in [6.45, 7) is 0. The van der Waals surface area contributed by atoms with Crippen LogP contribution in [-0.4, -0.2) is 21.9 Å². The summed E-state index contributed by atoms with van der Waals surface area (Å²) in [7, 11) is 0. The molecule has 24 heavy (non-hydrogen) atoms. The average molecular weight is 336 g/mol. The quantitative estimate of drug-likeness (QED) is 0.746. The van der Waals surface area contributed by atoms with Crippen molar-refractivity contribution in [3.63, 3.8) is 0 Å². The second-order valence-corrected chi connectivity index (χ2v) is 6.05. The molecule has 4 rings (SSSR count). The van der Waals surface area contributed by atoms with Gasteiger partial charge in [0.05, 0.1) is 5.69 Å². The molecule has 6 nitrogen and oxygen atoms in total. The van der Waals surface area contributed by atoms with Gasteiger partial charge < -0.3 is 5.32 Å². The molecule has 1 aromatic carbocycles. The van der Waals surface area contributed by atoms with Gasteiger partial charge >= 0.3 is 6.03 Å². The van der Waals surface area contributed by atoms with Crippen molar-refractivity contribution >= 4 is 28.4 Å². The highest BCUT2D eigenvalue weighted by atomic mass is 32.1. The number of pyridine rings is 1. The molecule has 0 saturated carbocycles. The lowest BCUT2D eigenvalue weighted by Gasteiger charge is -2.09. The van der Waals surface area contributed by atoms with E-state index >= 15 is 0 Å². The van der Waals surface area contributed by atoms with Gasteiger partial charge in [0.2, 0.25) is 5.13 Å². The van der Waals surface area contributed by atoms with Crippen LogP contribution in [0.15, 0.2) is 60.2 Å². The van der Waals surface area contributed by atoms with E-state index in [4.69, 9.17) is 0 Å². The highest BCUT2D eigenvalue weighted by Crippen LogP contribution is 2.32. The highest BCUT2D eigenvalue weighted by molar-refractivity contribution is 7.14. The van der Waals surface area contributed by atoms with Crippen LogP contribution >= 0.6 is 11.3 Å². The summed E-state index contributed by atoms with van der Waals surface area (Å²) in [4.78, 5) is 34.4. The van der Waals surface area contributed by atoms with Crippen LogP contribution in [0.25, 0.3) is 11.3 Å². The maximum absolute atomic E-state index is 12.7. The summed E-state index contributed by atoms with van der Waals surface area (Å²) in [6, 6.07) is 11.7. The fraction of sp³-hybridized carbons (Fsp3) is 0.0588. The third-order valence-electron chi connectivity index (χ3n) is 3.73. The topological polar surface area (TPSA) is 75.2 Å². The van der Waals surface area contributed by atoms with Gasteiger partial charge in [-0.05, 0) is 17.7 Å². The summed E-state index contributed by atoms with van der Waals surface area (Å²) < 4.78 is 0. The van der Waals surface area contributed by atoms with Gasteiger partial charge in [-0.15, -0.1) is 11.3 Å². The minimum Gasteiger partial charge on any atom is -0.321 e. The minimum atomic E-state index is -0.674. The number of imide groups is 1. The standard InChI is InChI=1S/C17H12N4O2S/c22-15-14(12-4-2-1-3-5-12)20-16(23)21(15)17-19-13(10-24-17)11-6-8-18-9-7-11/h1-10,14H,(H,20,23)/t14-/m0/s1. The van der Waals surface area contributed by atoms with Crippen LogP contribution < -0.4 is 10.2 Å². The fourth-order valence-corrected chi connectivity index (χ4v) is 3.39. The molecule has 1 aliphatic rings. The first-order valence-electron chi connectivity index (χ1n) is 7.29. The normalized spacial score (nSPS) is 17.2. The molecule has 0 bridgehead atoms. The van der Waals surface area contributed by atoms with Gasteiger partial charge in [-0.25, -0.2) is 14.7 Å². The van der Waals surface area contributed by atoms with E-state index < -0.39 is 12.1 Å². The Bertz CT molecular complexity index is 895. The molecule has 1 N–H and O–H groups in total. The van der Waals surface area contributed by atoms with E-state index in [2.05, 4.69) is 15.3 Å². The molecule has 1 saturated heterocycles. The maximum Gasteiger partial charge on any atom is 0.331 e. The zero-order valence-electron chi connectivity index (χ0n) is 12.4. The summed E-state index contributed by atoms with van der Waals surface area (Å²) >= 11 is 1.26. The van der Waals surface area contributed by atoms with Crippen LogP contribution in [0, 0.1) is 0 Å². The van der Waals surface area contributed by atoms with Gasteiger partial charge in [0.25, 0.3) is 5.91 Å². The Balaban J connectivity index is 1.64. The van der Waals surface area contributed by atoms with E-state index in [1.54, 1.807) is 12.4 Å². The number of hydrogen-bond donors (Lipinski definition) is 1. The molecule has 1 atom stereocenters. The average Bonchev–Trinajstić information content (AvgIpc) is 3.21. The van der Waals surface area contributed by atoms with E-state index in [1.807, 2.05) is 47.8 Å². The van der Waals surface area contributed by atoms with Gasteiger partial charge in [0, 0.05) is 23.3 Å². The van der Waals surface area contributed by atoms with E-state index in [0.717, 1.165) is 16.0 Å². The van der Waals surface area contributed by atoms with Crippen molar-refractivity contribution in [2.75, 3.05) is 4.90 Å². The van der Waals surface area contributed by atoms with Crippen LogP contribution in [-0.2, 0) is 4.79 Å². The van der Waals surface area contributed by atoms with Gasteiger partial charge in [0.1, 0.15) is 6.04 Å². The number of rotatable bonds is 3. The van der Waals surface area contributed by atoms with Gasteiger partial charge in [-0.3, -0.25) is 9.78 Å². The Kier molecular flexibility index (Phi) is 3.55. The largest absolute Gasteiger partial charge is 0.331 e. The molecule has 2 aromatic heterocycles. The van der Waals surface area contributed by atoms with Crippen molar-refractivity contribution in [3.05, 3.63) is 65.8 Å². The maximum atomic E-state index is 12.7. The molecular weight excluding hydrogens is 324 g/mol. The van der Waals surface area contributed by atoms with Crippen molar-refractivity contribution in [1.29, 1.82) is 0 Å². The molecule has 3 heterocycles. The van der Waals surface area contributed by atoms with Gasteiger partial charge in [-0.1, -0.05) is 30.3 Å². The molecule has 3 aromatic rings. The van der Waals surface area contributed by atoms with Crippen molar-refractivity contribution in [3.8, 4) is 11.3 Å². The Morgan fingerprint density at radius 2 is 1.79 bits per heavy atom. The summed E-state index contributed by atoms with van der Waals surface area (Å²) in [5, 5.41) is 4.90. The number of nitrogens with one attached hydrogen (secondary N) is 1. The molecule has 3 amide bonds. The molecule has 7 heteroatoms. The van der Waals surface area contributed by atoms with Crippen LogP contribution in [0.2, 0.25) is 0 Å². The number of hydrogen-bond acceptors (Lipinski definition) is 5. The zero-order valence-corrected chi connectivity index (χ0v) is 13.2. The minimum absolute atomic E-state index is 0.318. The van der Waals surface area contributed by atoms with Crippen molar-refractivity contribution < 1.29 is 9.59 Å². The molecule has 0 aliphatic carbocycles. The lowest BCUT2D eigenvalue weighted by atomic mass is 10.1. The lowest BCUT2D eigenvalue weighted by molar-refractivity contribution is -0.118. The molecule has 0 unspecified atom stereocenters. The number of carbonyl (C=O) groups is 2. The molecule has 118 valence electrons. The third-order valence-corrected chi connectivity index (χ3v) is 4.56. The first-order chi connectivity index (χ1) is 11.7. The monoisotopic (exact) mass is 336 g/mol. The number of carbonyl (C=O) groups excluding carboxylic acids is 2. The van der Waals surface area contributed by atoms with Gasteiger partial charge in [-0.2, -0.15) is 0 Å². The Hall–Kier alpha value is -3.06. The van der Waals surface area contributed by atoms with E-state index in [-0.39, 0.29) is 5.91 Å². The smallest absolute Gasteiger partial charge is 0.321 e. The summed E-state index contributed by atoms with van der Waals surface area (Å²) in [6.07, 6.45) is 3.35. The second kappa shape index (κ2) is 5.86. The molecule has 0 spiro atoms. The number of thiazole rings is 1. The highest BCUT2D eigenvalue weighted by Gasteiger charge is 2.41. The van der Waals surface area contributed by atoms with E-state index in [0.29, 0.717) is 10.8 Å². The lowest BCUT2D eigenvalue weighted by Crippen LogP contribution is -2.30. The molecule has 0 radical (unpaired) electrons. The van der Waals surface area contributed by atoms with Crippen molar-refractivity contribution in [2.24, 2.45) is 0 Å². The Morgan fingerprint density at radius 1 is 1.04 bits per heavy atom. The fourth-order valence-electron chi connectivity index (χ4n) is 2.55. The van der Waals surface area contributed by atoms with Crippen molar-refractivity contribution in [1.82, 2.24) is 15.3 Å². The first-order valence-corrected chi connectivity index (χ1v) is 8.17. The summed E-state index contributed by atoms with van der Waals surface area (Å²) in [5.74, 6) is -0.318. The number of aromatic nitrogens is 2. The Labute approximate surface area is 141 Å². The van der Waals surface area contributed by atoms with Crippen LogP contribution in [0.3, 0.4) is 0 Å². The SMILES string of the molecule is O=C1N[C@@H](c2ccccc2)C(=O)N1c1nc(-c2ccncc2)cs1. The van der Waals surface area contributed by atoms with Crippen molar-refractivity contribution in [2.45, 2.75) is 6.04 Å². The number of urea groups is 1. The van der Waals surface area contributed by atoms with Gasteiger partial charge in [0.15, 0.2) is 0 Å². The zero-order chi connectivity index (χ0) is 16.5. The van der Waals surface area contributed by atoms with E-state index in [9.17, 15) is 9.59 Å². The second-order valence-electron chi connectivity index (χ2n) is 5.22. The number of anilines is 1. The Morgan fingerprint density at radius 3 is 2.54 bits per heavy atom.